The van der Waals surface area contributed by atoms with Crippen LogP contribution >= 0.6 is 0 Å². The molecule has 0 heterocycles. The number of hydrogen-bond acceptors (Lipinski definition) is 4. The molecule has 3 unspecified atom stereocenters. The molecule has 0 aromatic heterocycles. The second kappa shape index (κ2) is 8.64. The maximum Gasteiger partial charge on any atom is 0.132 e. The van der Waals surface area contributed by atoms with Gasteiger partial charge in [0, 0.05) is 5.92 Å². The number of aliphatic hydroxyl groups is 3. The molecule has 0 aromatic carbocycles. The van der Waals surface area contributed by atoms with Gasteiger partial charge in [0.25, 0.3) is 0 Å². The predicted molar refractivity (Wildman–Crippen MR) is 127 cm³/mol. The second-order valence-electron chi connectivity index (χ2n) is 12.9. The highest BCUT2D eigenvalue weighted by Gasteiger charge is 2.67. The first-order valence-electron chi connectivity index (χ1n) is 13.5. The van der Waals surface area contributed by atoms with Crippen LogP contribution in [0, 0.1) is 58.2 Å². The molecular weight excluding hydrogens is 400 g/mol. The number of Topliss-reactive ketones (excluding diaryl/α,β-unsaturated/α-hetero) is 1. The summed E-state index contributed by atoms with van der Waals surface area (Å²) < 4.78 is 0. The van der Waals surface area contributed by atoms with Crippen LogP contribution < -0.4 is 0 Å². The molecule has 0 bridgehead atoms. The van der Waals surface area contributed by atoms with Crippen molar-refractivity contribution in [3.63, 3.8) is 0 Å². The van der Waals surface area contributed by atoms with Gasteiger partial charge in [-0.2, -0.15) is 0 Å². The first-order valence-corrected chi connectivity index (χ1v) is 13.5. The molecule has 3 N–H and O–H groups in total. The molecule has 4 fully saturated rings. The van der Waals surface area contributed by atoms with Crippen LogP contribution in [-0.4, -0.2) is 39.4 Å². The first-order chi connectivity index (χ1) is 15.0. The monoisotopic (exact) mass is 448 g/mol. The summed E-state index contributed by atoms with van der Waals surface area (Å²) in [6, 6.07) is 0. The molecule has 4 nitrogen and oxygen atoms in total. The van der Waals surface area contributed by atoms with Crippen molar-refractivity contribution in [2.75, 3.05) is 0 Å². The molecule has 4 rings (SSSR count). The van der Waals surface area contributed by atoms with E-state index in [-0.39, 0.29) is 52.7 Å². The number of fused-ring (bicyclic) bond motifs is 5. The summed E-state index contributed by atoms with van der Waals surface area (Å²) >= 11 is 0. The summed E-state index contributed by atoms with van der Waals surface area (Å²) in [6.07, 6.45) is 6.52. The van der Waals surface area contributed by atoms with Gasteiger partial charge in [0.05, 0.1) is 18.3 Å². The highest BCUT2D eigenvalue weighted by atomic mass is 16.3. The van der Waals surface area contributed by atoms with Crippen molar-refractivity contribution < 1.29 is 20.1 Å². The molecule has 4 aliphatic rings. The van der Waals surface area contributed by atoms with Crippen LogP contribution in [0.2, 0.25) is 0 Å². The Bertz CT molecular complexity index is 708. The van der Waals surface area contributed by atoms with Crippen LogP contribution in [0.1, 0.15) is 92.9 Å². The molecule has 0 radical (unpaired) electrons. The molecule has 0 saturated heterocycles. The number of carbonyl (C=O) groups excluding carboxylic acids is 1. The zero-order valence-electron chi connectivity index (χ0n) is 21.3. The van der Waals surface area contributed by atoms with Gasteiger partial charge >= 0.3 is 0 Å². The van der Waals surface area contributed by atoms with Gasteiger partial charge in [0.2, 0.25) is 0 Å². The van der Waals surface area contributed by atoms with Gasteiger partial charge in [-0.05, 0) is 104 Å². The molecular formula is C28H48O4. The van der Waals surface area contributed by atoms with Crippen molar-refractivity contribution in [1.82, 2.24) is 0 Å². The summed E-state index contributed by atoms with van der Waals surface area (Å²) in [4.78, 5) is 11.9. The summed E-state index contributed by atoms with van der Waals surface area (Å²) in [5.41, 5.74) is -0.0906. The fourth-order valence-corrected chi connectivity index (χ4v) is 9.78. The molecule has 0 aromatic rings. The van der Waals surface area contributed by atoms with Crippen LogP contribution in [0.4, 0.5) is 0 Å². The van der Waals surface area contributed by atoms with E-state index in [0.717, 1.165) is 51.4 Å². The van der Waals surface area contributed by atoms with E-state index in [9.17, 15) is 20.1 Å². The van der Waals surface area contributed by atoms with Crippen molar-refractivity contribution in [2.24, 2.45) is 58.2 Å². The van der Waals surface area contributed by atoms with E-state index in [1.54, 1.807) is 6.92 Å². The zero-order chi connectivity index (χ0) is 23.6. The Morgan fingerprint density at radius 3 is 2.31 bits per heavy atom. The Morgan fingerprint density at radius 1 is 1.00 bits per heavy atom. The molecule has 4 saturated carbocycles. The molecule has 0 spiro atoms. The van der Waals surface area contributed by atoms with E-state index >= 15 is 0 Å². The van der Waals surface area contributed by atoms with Crippen LogP contribution in [0.25, 0.3) is 0 Å². The highest BCUT2D eigenvalue weighted by molar-refractivity contribution is 5.77. The van der Waals surface area contributed by atoms with E-state index in [0.29, 0.717) is 29.6 Å². The van der Waals surface area contributed by atoms with E-state index in [1.165, 1.54) is 0 Å². The van der Waals surface area contributed by atoms with Crippen LogP contribution in [0.3, 0.4) is 0 Å². The minimum absolute atomic E-state index is 0.0687. The van der Waals surface area contributed by atoms with Gasteiger partial charge in [0.15, 0.2) is 0 Å². The van der Waals surface area contributed by atoms with Crippen molar-refractivity contribution in [1.29, 1.82) is 0 Å². The maximum atomic E-state index is 11.9. The van der Waals surface area contributed by atoms with E-state index in [4.69, 9.17) is 0 Å². The average Bonchev–Trinajstić information content (AvgIpc) is 3.09. The minimum atomic E-state index is -0.356. The maximum absolute atomic E-state index is 11.9. The number of rotatable bonds is 5. The third-order valence-electron chi connectivity index (χ3n) is 11.7. The second-order valence-corrected chi connectivity index (χ2v) is 12.9. The lowest BCUT2D eigenvalue weighted by Crippen LogP contribution is -2.65. The Balaban J connectivity index is 1.66. The molecule has 0 amide bonds. The smallest absolute Gasteiger partial charge is 0.132 e. The SMILES string of the molecule is CC[C@H]1[C@@H](O)C2C3CC[C@H]([C@H](C)C[C@H](C)C(C)=O)[C@@]3(C)[C@@H](O)CC2[C@@]2(C)CC[C@@H](O)C[C@@H]12. The van der Waals surface area contributed by atoms with Crippen LogP contribution in [0.5, 0.6) is 0 Å². The van der Waals surface area contributed by atoms with Gasteiger partial charge in [-0.1, -0.05) is 41.0 Å². The van der Waals surface area contributed by atoms with E-state index < -0.39 is 0 Å². The number of ketones is 1. The third-order valence-corrected chi connectivity index (χ3v) is 11.7. The number of aliphatic hydroxyl groups excluding tert-OH is 3. The van der Waals surface area contributed by atoms with Gasteiger partial charge in [-0.25, -0.2) is 0 Å². The van der Waals surface area contributed by atoms with Gasteiger partial charge in [-0.3, -0.25) is 4.79 Å². The highest BCUT2D eigenvalue weighted by Crippen LogP contribution is 2.69. The molecule has 13 atom stereocenters. The summed E-state index contributed by atoms with van der Waals surface area (Å²) in [6.45, 7) is 12.9. The Labute approximate surface area is 195 Å². The van der Waals surface area contributed by atoms with Gasteiger partial charge in [0.1, 0.15) is 5.78 Å². The fourth-order valence-electron chi connectivity index (χ4n) is 9.78. The third kappa shape index (κ3) is 3.53. The van der Waals surface area contributed by atoms with Crippen molar-refractivity contribution in [3.05, 3.63) is 0 Å². The van der Waals surface area contributed by atoms with Crippen LogP contribution in [-0.2, 0) is 4.79 Å². The minimum Gasteiger partial charge on any atom is -0.393 e. The lowest BCUT2D eigenvalue weighted by atomic mass is 9.41. The summed E-state index contributed by atoms with van der Waals surface area (Å²) in [5.74, 6) is 2.61. The van der Waals surface area contributed by atoms with Crippen LogP contribution in [0.15, 0.2) is 0 Å². The average molecular weight is 449 g/mol. The summed E-state index contributed by atoms with van der Waals surface area (Å²) in [5, 5.41) is 33.9. The zero-order valence-corrected chi connectivity index (χ0v) is 21.3. The van der Waals surface area contributed by atoms with Crippen molar-refractivity contribution >= 4 is 5.78 Å². The largest absolute Gasteiger partial charge is 0.393 e. The number of carbonyl (C=O) groups is 1. The van der Waals surface area contributed by atoms with Gasteiger partial charge < -0.3 is 15.3 Å². The lowest BCUT2D eigenvalue weighted by molar-refractivity contribution is -0.228. The van der Waals surface area contributed by atoms with Gasteiger partial charge in [-0.15, -0.1) is 0 Å². The lowest BCUT2D eigenvalue weighted by Gasteiger charge is -2.65. The fraction of sp³-hybridized carbons (Fsp3) is 0.964. The topological polar surface area (TPSA) is 77.8 Å². The predicted octanol–water partition coefficient (Wildman–Crippen LogP) is 4.84. The first kappa shape index (κ1) is 24.7. The molecule has 0 aliphatic heterocycles. The number of hydrogen-bond donors (Lipinski definition) is 3. The van der Waals surface area contributed by atoms with Crippen molar-refractivity contribution in [3.8, 4) is 0 Å². The standard InChI is InChI=1S/C28H48O4/c1-7-19-22-13-18(30)10-11-27(22,5)23-14-24(31)28(6)20(16(3)12-15(2)17(4)29)8-9-21(28)25(23)26(19)32/h15-16,18-26,30-32H,7-14H2,1-6H3/t15-,16+,18+,19+,20+,21?,22-,23?,24-,25?,26+,27-,28+/m0/s1. The Hall–Kier alpha value is -0.450. The summed E-state index contributed by atoms with van der Waals surface area (Å²) in [7, 11) is 0. The Morgan fingerprint density at radius 2 is 1.69 bits per heavy atom. The molecule has 4 heteroatoms. The van der Waals surface area contributed by atoms with E-state index in [1.807, 2.05) is 6.92 Å². The normalized spacial score (nSPS) is 52.5. The van der Waals surface area contributed by atoms with E-state index in [2.05, 4.69) is 27.7 Å². The molecule has 4 aliphatic carbocycles. The molecule has 184 valence electrons. The quantitative estimate of drug-likeness (QED) is 0.563. The molecule has 32 heavy (non-hydrogen) atoms. The Kier molecular flexibility index (Phi) is 6.66. The van der Waals surface area contributed by atoms with Crippen molar-refractivity contribution in [2.45, 2.75) is 111 Å².